The highest BCUT2D eigenvalue weighted by Gasteiger charge is 2.22. The number of hydrogen-bond acceptors (Lipinski definition) is 4. The molecular formula is C18H22N6O. The van der Waals surface area contributed by atoms with Crippen LogP contribution in [0.2, 0.25) is 0 Å². The lowest BCUT2D eigenvalue weighted by atomic mass is 10.2. The van der Waals surface area contributed by atoms with E-state index in [0.717, 1.165) is 35.5 Å². The Morgan fingerprint density at radius 3 is 2.28 bits per heavy atom. The maximum atomic E-state index is 12.2. The number of urea groups is 1. The predicted molar refractivity (Wildman–Crippen MR) is 98.9 cm³/mol. The average molecular weight is 338 g/mol. The molecule has 0 atom stereocenters. The molecule has 1 saturated carbocycles. The molecule has 1 aromatic carbocycles. The molecule has 3 N–H and O–H groups in total. The number of carbonyl (C=O) groups is 1. The normalized spacial score (nSPS) is 14.1. The van der Waals surface area contributed by atoms with E-state index in [1.165, 1.54) is 0 Å². The van der Waals surface area contributed by atoms with Crippen molar-refractivity contribution in [2.75, 3.05) is 10.6 Å². The van der Waals surface area contributed by atoms with Crippen molar-refractivity contribution in [3.8, 4) is 0 Å². The molecule has 1 fully saturated rings. The first-order valence-electron chi connectivity index (χ1n) is 8.30. The van der Waals surface area contributed by atoms with Crippen molar-refractivity contribution < 1.29 is 4.79 Å². The van der Waals surface area contributed by atoms with Gasteiger partial charge in [0.25, 0.3) is 0 Å². The molecule has 1 aromatic heterocycles. The highest BCUT2D eigenvalue weighted by Crippen LogP contribution is 2.23. The van der Waals surface area contributed by atoms with Crippen molar-refractivity contribution in [3.63, 3.8) is 0 Å². The molecule has 25 heavy (non-hydrogen) atoms. The molecule has 0 unspecified atom stereocenters. The minimum Gasteiger partial charge on any atom is -0.308 e. The number of nitrogens with zero attached hydrogens (tertiary/aromatic N) is 3. The van der Waals surface area contributed by atoms with E-state index in [1.54, 1.807) is 0 Å². The van der Waals surface area contributed by atoms with Crippen LogP contribution in [0.25, 0.3) is 0 Å². The third-order valence-electron chi connectivity index (χ3n) is 3.61. The Bertz CT molecular complexity index is 775. The van der Waals surface area contributed by atoms with Gasteiger partial charge in [-0.1, -0.05) is 17.7 Å². The van der Waals surface area contributed by atoms with Gasteiger partial charge in [0.15, 0.2) is 0 Å². The second-order valence-electron chi connectivity index (χ2n) is 6.25. The molecular weight excluding hydrogens is 316 g/mol. The Hall–Kier alpha value is -2.96. The number of aryl methyl sites for hydroxylation is 3. The van der Waals surface area contributed by atoms with Crippen LogP contribution in [0, 0.1) is 20.8 Å². The van der Waals surface area contributed by atoms with E-state index >= 15 is 0 Å². The van der Waals surface area contributed by atoms with Crippen LogP contribution in [-0.2, 0) is 0 Å². The molecule has 2 aromatic rings. The lowest BCUT2D eigenvalue weighted by Crippen LogP contribution is -2.39. The number of aromatic nitrogens is 2. The summed E-state index contributed by atoms with van der Waals surface area (Å²) in [5.74, 6) is 0.782. The van der Waals surface area contributed by atoms with E-state index in [2.05, 4.69) is 30.9 Å². The molecule has 7 heteroatoms. The number of rotatable bonds is 3. The van der Waals surface area contributed by atoms with E-state index < -0.39 is 0 Å². The Balaban J connectivity index is 1.68. The molecule has 7 nitrogen and oxygen atoms in total. The zero-order chi connectivity index (χ0) is 17.8. The molecule has 0 aliphatic heterocycles. The average Bonchev–Trinajstić information content (AvgIpc) is 3.32. The van der Waals surface area contributed by atoms with Crippen LogP contribution in [0.4, 0.5) is 16.4 Å². The second-order valence-corrected chi connectivity index (χ2v) is 6.25. The van der Waals surface area contributed by atoms with Crippen LogP contribution >= 0.6 is 0 Å². The standard InChI is InChI=1S/C18H22N6O/c1-11-4-6-15(7-5-11)22-18(25)24-17(21-14-8-9-14)23-16-19-12(2)10-13(3)20-16/h4-7,10,14H,8-9H2,1-3H3,(H3,19,20,21,22,23,24,25). The first kappa shape index (κ1) is 16.9. The number of benzene rings is 1. The molecule has 1 aliphatic rings. The van der Waals surface area contributed by atoms with Crippen molar-refractivity contribution in [1.29, 1.82) is 0 Å². The van der Waals surface area contributed by atoms with E-state index in [-0.39, 0.29) is 12.1 Å². The fraction of sp³-hybridized carbons (Fsp3) is 0.333. The lowest BCUT2D eigenvalue weighted by molar-refractivity contribution is 0.256. The van der Waals surface area contributed by atoms with Crippen molar-refractivity contribution in [1.82, 2.24) is 15.3 Å². The predicted octanol–water partition coefficient (Wildman–Crippen LogP) is 3.15. The van der Waals surface area contributed by atoms with Crippen molar-refractivity contribution in [2.24, 2.45) is 4.99 Å². The zero-order valence-electron chi connectivity index (χ0n) is 14.6. The molecule has 2 amide bonds. The summed E-state index contributed by atoms with van der Waals surface area (Å²) in [5, 5.41) is 8.55. The number of anilines is 2. The summed E-state index contributed by atoms with van der Waals surface area (Å²) >= 11 is 0. The molecule has 0 saturated heterocycles. The fourth-order valence-corrected chi connectivity index (χ4v) is 2.28. The Kier molecular flexibility index (Phi) is 4.92. The van der Waals surface area contributed by atoms with Gasteiger partial charge >= 0.3 is 6.03 Å². The first-order valence-corrected chi connectivity index (χ1v) is 8.30. The summed E-state index contributed by atoms with van der Waals surface area (Å²) < 4.78 is 0. The topological polar surface area (TPSA) is 91.3 Å². The Labute approximate surface area is 147 Å². The van der Waals surface area contributed by atoms with E-state index in [9.17, 15) is 4.79 Å². The van der Waals surface area contributed by atoms with Crippen molar-refractivity contribution in [2.45, 2.75) is 39.7 Å². The van der Waals surface area contributed by atoms with Gasteiger partial charge in [-0.05, 0) is 51.8 Å². The quantitative estimate of drug-likeness (QED) is 0.592. The number of nitrogens with one attached hydrogen (secondary N) is 3. The smallest absolute Gasteiger partial charge is 0.308 e. The van der Waals surface area contributed by atoms with Gasteiger partial charge in [-0.2, -0.15) is 0 Å². The van der Waals surface area contributed by atoms with Crippen LogP contribution in [0.15, 0.2) is 35.3 Å². The van der Waals surface area contributed by atoms with Crippen LogP contribution in [0.3, 0.4) is 0 Å². The van der Waals surface area contributed by atoms with Crippen LogP contribution < -0.4 is 16.0 Å². The summed E-state index contributed by atoms with van der Waals surface area (Å²) in [6.45, 7) is 5.79. The largest absolute Gasteiger partial charge is 0.326 e. The van der Waals surface area contributed by atoms with Crippen LogP contribution in [-0.4, -0.2) is 28.0 Å². The summed E-state index contributed by atoms with van der Waals surface area (Å²) in [6.07, 6.45) is 2.06. The number of amides is 2. The van der Waals surface area contributed by atoms with Crippen LogP contribution in [0.1, 0.15) is 29.8 Å². The molecule has 1 aliphatic carbocycles. The monoisotopic (exact) mass is 338 g/mol. The lowest BCUT2D eigenvalue weighted by Gasteiger charge is -2.12. The SMILES string of the molecule is Cc1ccc(NC(=O)NC(=NC2CC2)Nc2nc(C)cc(C)n2)cc1. The third-order valence-corrected chi connectivity index (χ3v) is 3.61. The van der Waals surface area contributed by atoms with Gasteiger partial charge < -0.3 is 5.32 Å². The Morgan fingerprint density at radius 1 is 1.04 bits per heavy atom. The summed E-state index contributed by atoms with van der Waals surface area (Å²) in [6, 6.07) is 9.36. The molecule has 1 heterocycles. The molecule has 0 bridgehead atoms. The zero-order valence-corrected chi connectivity index (χ0v) is 14.6. The summed E-state index contributed by atoms with van der Waals surface area (Å²) in [4.78, 5) is 25.4. The summed E-state index contributed by atoms with van der Waals surface area (Å²) in [5.41, 5.74) is 3.56. The van der Waals surface area contributed by atoms with Gasteiger partial charge in [-0.3, -0.25) is 10.6 Å². The number of hydrogen-bond donors (Lipinski definition) is 3. The number of carbonyl (C=O) groups excluding carboxylic acids is 1. The molecule has 130 valence electrons. The van der Waals surface area contributed by atoms with Gasteiger partial charge in [0.1, 0.15) is 0 Å². The van der Waals surface area contributed by atoms with Gasteiger partial charge in [-0.25, -0.2) is 19.8 Å². The van der Waals surface area contributed by atoms with E-state index in [4.69, 9.17) is 0 Å². The minimum absolute atomic E-state index is 0.244. The Morgan fingerprint density at radius 2 is 1.68 bits per heavy atom. The second kappa shape index (κ2) is 7.29. The minimum atomic E-state index is -0.361. The fourth-order valence-electron chi connectivity index (χ4n) is 2.28. The summed E-state index contributed by atoms with van der Waals surface area (Å²) in [7, 11) is 0. The third kappa shape index (κ3) is 5.27. The van der Waals surface area contributed by atoms with Crippen molar-refractivity contribution in [3.05, 3.63) is 47.3 Å². The maximum absolute atomic E-state index is 12.2. The van der Waals surface area contributed by atoms with E-state index in [1.807, 2.05) is 51.1 Å². The van der Waals surface area contributed by atoms with Crippen LogP contribution in [0.5, 0.6) is 0 Å². The van der Waals surface area contributed by atoms with Gasteiger partial charge in [0.2, 0.25) is 11.9 Å². The maximum Gasteiger partial charge on any atom is 0.326 e. The number of aliphatic imine (C=N–C) groups is 1. The molecule has 0 spiro atoms. The first-order chi connectivity index (χ1) is 12.0. The van der Waals surface area contributed by atoms with Crippen molar-refractivity contribution >= 4 is 23.6 Å². The molecule has 0 radical (unpaired) electrons. The highest BCUT2D eigenvalue weighted by molar-refractivity contribution is 6.07. The van der Waals surface area contributed by atoms with Gasteiger partial charge in [-0.15, -0.1) is 0 Å². The molecule has 3 rings (SSSR count). The highest BCUT2D eigenvalue weighted by atomic mass is 16.2. The number of guanidine groups is 1. The van der Waals surface area contributed by atoms with Gasteiger partial charge in [0, 0.05) is 17.1 Å². The van der Waals surface area contributed by atoms with Gasteiger partial charge in [0.05, 0.1) is 6.04 Å². The van der Waals surface area contributed by atoms with E-state index in [0.29, 0.717) is 11.9 Å².